The molecule has 3 aliphatic carbocycles. The molecule has 3 nitrogen and oxygen atoms in total. The van der Waals surface area contributed by atoms with Gasteiger partial charge in [-0.25, -0.2) is 0 Å². The zero-order valence-electron chi connectivity index (χ0n) is 32.4. The predicted molar refractivity (Wildman–Crippen MR) is 242 cm³/mol. The van der Waals surface area contributed by atoms with Crippen molar-refractivity contribution in [2.45, 2.75) is 31.1 Å². The van der Waals surface area contributed by atoms with Gasteiger partial charge in [-0.15, -0.1) is 11.3 Å². The zero-order valence-corrected chi connectivity index (χ0v) is 33.2. The Morgan fingerprint density at radius 1 is 0.508 bits per heavy atom. The number of hydrogen-bond donors (Lipinski definition) is 0. The van der Waals surface area contributed by atoms with E-state index in [0.717, 1.165) is 59.7 Å². The maximum absolute atomic E-state index is 6.98. The highest BCUT2D eigenvalue weighted by Gasteiger charge is 2.48. The van der Waals surface area contributed by atoms with Crippen LogP contribution < -0.4 is 14.4 Å². The molecule has 7 aromatic carbocycles. The number of rotatable bonds is 6. The lowest BCUT2D eigenvalue weighted by molar-refractivity contribution is 0.360. The van der Waals surface area contributed by atoms with E-state index in [1.165, 1.54) is 59.6 Å². The highest BCUT2D eigenvalue weighted by Crippen LogP contribution is 2.62. The van der Waals surface area contributed by atoms with Gasteiger partial charge in [0.1, 0.15) is 0 Å². The van der Waals surface area contributed by atoms with Crippen LogP contribution in [0.1, 0.15) is 52.0 Å². The van der Waals surface area contributed by atoms with Gasteiger partial charge >= 0.3 is 0 Å². The summed E-state index contributed by atoms with van der Waals surface area (Å²) < 4.78 is 15.2. The lowest BCUT2D eigenvalue weighted by atomic mass is 9.68. The fraction of sp³-hybridized carbons (Fsp3) is 0.0909. The van der Waals surface area contributed by atoms with Crippen molar-refractivity contribution in [2.75, 3.05) is 4.90 Å². The first-order valence-corrected chi connectivity index (χ1v) is 21.4. The van der Waals surface area contributed by atoms with E-state index in [9.17, 15) is 0 Å². The molecule has 12 rings (SSSR count). The number of hydrogen-bond acceptors (Lipinski definition) is 4. The Labute approximate surface area is 348 Å². The summed E-state index contributed by atoms with van der Waals surface area (Å²) in [5.74, 6) is 2.90. The Hall–Kier alpha value is -6.88. The van der Waals surface area contributed by atoms with Gasteiger partial charge in [0, 0.05) is 38.3 Å². The molecule has 8 aromatic rings. The Balaban J connectivity index is 0.922. The summed E-state index contributed by atoms with van der Waals surface area (Å²) in [5, 5.41) is 1.38. The molecule has 59 heavy (non-hydrogen) atoms. The summed E-state index contributed by atoms with van der Waals surface area (Å²) >= 11 is 1.95. The van der Waals surface area contributed by atoms with Gasteiger partial charge in [-0.3, -0.25) is 0 Å². The number of anilines is 2. The Morgan fingerprint density at radius 2 is 1.20 bits per heavy atom. The predicted octanol–water partition coefficient (Wildman–Crippen LogP) is 14.9. The van der Waals surface area contributed by atoms with Crippen LogP contribution in [0, 0.1) is 0 Å². The van der Waals surface area contributed by atoms with Gasteiger partial charge in [0.2, 0.25) is 0 Å². The number of allylic oxidation sites excluding steroid dienone is 5. The maximum Gasteiger partial charge on any atom is 0.178 e. The smallest absolute Gasteiger partial charge is 0.178 e. The molecule has 4 aliphatic rings. The van der Waals surface area contributed by atoms with Crippen molar-refractivity contribution in [3.8, 4) is 34.1 Å². The molecule has 0 fully saturated rings. The first-order valence-electron chi connectivity index (χ1n) is 20.6. The second-order valence-corrected chi connectivity index (χ2v) is 16.9. The molecule has 2 heterocycles. The molecule has 0 amide bonds. The van der Waals surface area contributed by atoms with Gasteiger partial charge < -0.3 is 14.4 Å². The van der Waals surface area contributed by atoms with Crippen molar-refractivity contribution in [3.05, 3.63) is 232 Å². The van der Waals surface area contributed by atoms with Gasteiger partial charge in [-0.05, 0) is 124 Å². The first-order chi connectivity index (χ1) is 29.2. The highest BCUT2D eigenvalue weighted by molar-refractivity contribution is 7.19. The van der Waals surface area contributed by atoms with E-state index in [-0.39, 0.29) is 0 Å². The van der Waals surface area contributed by atoms with E-state index in [1.807, 2.05) is 11.3 Å². The van der Waals surface area contributed by atoms with Crippen molar-refractivity contribution in [2.24, 2.45) is 0 Å². The summed E-state index contributed by atoms with van der Waals surface area (Å²) in [6.45, 7) is 0. The lowest BCUT2D eigenvalue weighted by Gasteiger charge is -2.34. The molecule has 1 aromatic heterocycles. The summed E-state index contributed by atoms with van der Waals surface area (Å²) in [7, 11) is 0. The molecule has 282 valence electrons. The van der Waals surface area contributed by atoms with Crippen LogP contribution in [0.2, 0.25) is 0 Å². The zero-order chi connectivity index (χ0) is 38.9. The lowest BCUT2D eigenvalue weighted by Crippen LogP contribution is -2.28. The summed E-state index contributed by atoms with van der Waals surface area (Å²) in [6.07, 6.45) is 11.3. The molecule has 0 radical (unpaired) electrons. The molecule has 0 bridgehead atoms. The van der Waals surface area contributed by atoms with Gasteiger partial charge in [0.05, 0.1) is 5.41 Å². The summed E-state index contributed by atoms with van der Waals surface area (Å²) in [5.41, 5.74) is 14.4. The average Bonchev–Trinajstić information content (AvgIpc) is 3.83. The standard InChI is InChI=1S/C55H39NO2S/c1-4-14-38(15-5-1)55(39-16-6-2-7-17-39)46-22-12-10-21-44(46)53-47(55)30-32-49-54(53)58-48-31-29-42(35-50(48)57-49)56(40-18-8-3-9-19-40)41-27-24-36(25-28-41)37-26-33-52-45(34-37)43-20-11-13-23-51(43)59-52/h1-24,27,29-32,34-35H,25-26,28,33H2. The Kier molecular flexibility index (Phi) is 7.89. The van der Waals surface area contributed by atoms with Crippen LogP contribution in [-0.4, -0.2) is 0 Å². The third-order valence-electron chi connectivity index (χ3n) is 12.6. The molecule has 0 atom stereocenters. The van der Waals surface area contributed by atoms with Gasteiger partial charge in [0.15, 0.2) is 23.0 Å². The minimum atomic E-state index is -0.510. The van der Waals surface area contributed by atoms with E-state index < -0.39 is 5.41 Å². The normalized spacial score (nSPS) is 15.6. The number of benzene rings is 7. The number of nitrogens with zero attached hydrogens (tertiary/aromatic N) is 1. The maximum atomic E-state index is 6.98. The van der Waals surface area contributed by atoms with Crippen molar-refractivity contribution >= 4 is 38.9 Å². The van der Waals surface area contributed by atoms with Crippen molar-refractivity contribution < 1.29 is 9.47 Å². The number of ether oxygens (including phenoxy) is 2. The summed E-state index contributed by atoms with van der Waals surface area (Å²) in [6, 6.07) is 60.7. The number of aryl methyl sites for hydroxylation is 1. The second-order valence-electron chi connectivity index (χ2n) is 15.8. The van der Waals surface area contributed by atoms with E-state index in [2.05, 4.69) is 193 Å². The molecule has 4 heteroatoms. The van der Waals surface area contributed by atoms with Gasteiger partial charge in [0.25, 0.3) is 0 Å². The second kappa shape index (κ2) is 13.6. The molecular formula is C55H39NO2S. The van der Waals surface area contributed by atoms with Crippen molar-refractivity contribution in [3.63, 3.8) is 0 Å². The topological polar surface area (TPSA) is 21.7 Å². The fourth-order valence-corrected chi connectivity index (χ4v) is 11.2. The van der Waals surface area contributed by atoms with Crippen LogP contribution in [0.5, 0.6) is 23.0 Å². The third kappa shape index (κ3) is 5.33. The highest BCUT2D eigenvalue weighted by atomic mass is 32.1. The minimum Gasteiger partial charge on any atom is -0.449 e. The average molecular weight is 778 g/mol. The van der Waals surface area contributed by atoms with Crippen LogP contribution in [0.15, 0.2) is 199 Å². The third-order valence-corrected chi connectivity index (χ3v) is 13.9. The van der Waals surface area contributed by atoms with Crippen molar-refractivity contribution in [1.82, 2.24) is 0 Å². The van der Waals surface area contributed by atoms with Crippen LogP contribution in [0.25, 0.3) is 27.3 Å². The Bertz CT molecular complexity index is 3010. The molecule has 0 saturated carbocycles. The largest absolute Gasteiger partial charge is 0.449 e. The number of fused-ring (bicyclic) bond motifs is 9. The Morgan fingerprint density at radius 3 is 1.98 bits per heavy atom. The van der Waals surface area contributed by atoms with E-state index in [1.54, 1.807) is 0 Å². The monoisotopic (exact) mass is 777 g/mol. The SMILES string of the molecule is C1=C(C2=Cc3c(sc4ccccc34)CC2)CCC(N(c2ccccc2)c2ccc3c(c2)Oc2ccc4c(c2O3)-c2ccccc2C4(c2ccccc2)c2ccccc2)=C1. The molecule has 0 N–H and O–H groups in total. The first kappa shape index (κ1) is 34.2. The fourth-order valence-electron chi connectivity index (χ4n) is 10.0. The molecule has 1 aliphatic heterocycles. The van der Waals surface area contributed by atoms with Crippen LogP contribution >= 0.6 is 11.3 Å². The van der Waals surface area contributed by atoms with Gasteiger partial charge in [-0.1, -0.05) is 133 Å². The minimum absolute atomic E-state index is 0.510. The summed E-state index contributed by atoms with van der Waals surface area (Å²) in [4.78, 5) is 3.89. The van der Waals surface area contributed by atoms with Gasteiger partial charge in [-0.2, -0.15) is 0 Å². The molecule has 0 spiro atoms. The van der Waals surface area contributed by atoms with E-state index in [0.29, 0.717) is 11.5 Å². The quantitative estimate of drug-likeness (QED) is 0.168. The van der Waals surface area contributed by atoms with Crippen LogP contribution in [0.3, 0.4) is 0 Å². The molecule has 0 saturated heterocycles. The molecular weight excluding hydrogens is 739 g/mol. The van der Waals surface area contributed by atoms with E-state index >= 15 is 0 Å². The number of para-hydroxylation sites is 1. The van der Waals surface area contributed by atoms with Crippen molar-refractivity contribution in [1.29, 1.82) is 0 Å². The number of thiophene rings is 1. The van der Waals surface area contributed by atoms with Crippen LogP contribution in [-0.2, 0) is 11.8 Å². The van der Waals surface area contributed by atoms with E-state index in [4.69, 9.17) is 9.47 Å². The van der Waals surface area contributed by atoms with Crippen LogP contribution in [0.4, 0.5) is 11.4 Å². The molecule has 0 unspecified atom stereocenters.